The van der Waals surface area contributed by atoms with Gasteiger partial charge in [0.1, 0.15) is 17.3 Å². The molecule has 0 atom stereocenters. The summed E-state index contributed by atoms with van der Waals surface area (Å²) in [5.74, 6) is 1.40. The van der Waals surface area contributed by atoms with Crippen LogP contribution in [-0.2, 0) is 11.8 Å². The first-order chi connectivity index (χ1) is 18.1. The van der Waals surface area contributed by atoms with Crippen LogP contribution in [0.3, 0.4) is 0 Å². The molecule has 0 spiro atoms. The Balaban J connectivity index is 1.29. The largest absolute Gasteiger partial charge is 0.490 e. The summed E-state index contributed by atoms with van der Waals surface area (Å²) in [4.78, 5) is 16.9. The van der Waals surface area contributed by atoms with E-state index in [-0.39, 0.29) is 18.1 Å². The predicted octanol–water partition coefficient (Wildman–Crippen LogP) is 3.81. The van der Waals surface area contributed by atoms with E-state index in [9.17, 15) is 4.79 Å². The zero-order valence-corrected chi connectivity index (χ0v) is 21.5. The second kappa shape index (κ2) is 11.0. The van der Waals surface area contributed by atoms with Crippen molar-refractivity contribution in [1.82, 2.24) is 29.9 Å². The molecule has 37 heavy (non-hydrogen) atoms. The number of fused-ring (bicyclic) bond motifs is 1. The molecule has 1 aromatic carbocycles. The molecule has 1 fully saturated rings. The van der Waals surface area contributed by atoms with Crippen molar-refractivity contribution in [3.8, 4) is 17.0 Å². The molecule has 2 N–H and O–H groups in total. The number of anilines is 1. The highest BCUT2D eigenvalue weighted by Gasteiger charge is 2.27. The lowest BCUT2D eigenvalue weighted by Crippen LogP contribution is -2.27. The molecule has 0 radical (unpaired) electrons. The zero-order valence-electron chi connectivity index (χ0n) is 21.5. The molecular weight excluding hydrogens is 470 g/mol. The van der Waals surface area contributed by atoms with E-state index < -0.39 is 0 Å². The van der Waals surface area contributed by atoms with E-state index in [2.05, 4.69) is 31.5 Å². The number of pyridine rings is 1. The van der Waals surface area contributed by atoms with Gasteiger partial charge in [-0.05, 0) is 43.9 Å². The number of benzene rings is 1. The lowest BCUT2D eigenvalue weighted by molar-refractivity contribution is 0.0935. The van der Waals surface area contributed by atoms with Gasteiger partial charge in [-0.15, -0.1) is 0 Å². The minimum atomic E-state index is -0.128. The van der Waals surface area contributed by atoms with Crippen LogP contribution in [0.1, 0.15) is 42.1 Å². The van der Waals surface area contributed by atoms with Crippen LogP contribution < -0.4 is 15.4 Å². The fraction of sp³-hybridized carbons (Fsp3) is 0.407. The topological polar surface area (TPSA) is 108 Å². The van der Waals surface area contributed by atoms with E-state index >= 15 is 0 Å². The molecule has 0 aliphatic heterocycles. The van der Waals surface area contributed by atoms with E-state index in [1.807, 2.05) is 50.9 Å². The quantitative estimate of drug-likeness (QED) is 0.334. The summed E-state index contributed by atoms with van der Waals surface area (Å²) in [6.07, 6.45) is 9.51. The van der Waals surface area contributed by atoms with Crippen molar-refractivity contribution >= 4 is 22.6 Å². The maximum Gasteiger partial charge on any atom is 0.251 e. The van der Waals surface area contributed by atoms with Gasteiger partial charge in [0.15, 0.2) is 0 Å². The molecule has 0 saturated heterocycles. The minimum Gasteiger partial charge on any atom is -0.490 e. The first-order valence-electron chi connectivity index (χ1n) is 12.6. The monoisotopic (exact) mass is 503 g/mol. The van der Waals surface area contributed by atoms with Gasteiger partial charge in [0.05, 0.1) is 30.5 Å². The zero-order chi connectivity index (χ0) is 25.8. The molecule has 5 rings (SSSR count). The molecule has 10 heteroatoms. The van der Waals surface area contributed by atoms with Crippen molar-refractivity contribution in [3.63, 3.8) is 0 Å². The number of aromatic nitrogens is 5. The number of nitrogens with zero attached hydrogens (tertiary/aromatic N) is 5. The third-order valence-electron chi connectivity index (χ3n) is 6.81. The molecule has 3 aromatic heterocycles. The third-order valence-corrected chi connectivity index (χ3v) is 6.81. The van der Waals surface area contributed by atoms with Gasteiger partial charge in [0.25, 0.3) is 5.91 Å². The Bertz CT molecular complexity index is 1370. The number of rotatable bonds is 9. The van der Waals surface area contributed by atoms with Crippen LogP contribution in [-0.4, -0.2) is 63.9 Å². The summed E-state index contributed by atoms with van der Waals surface area (Å²) in [5.41, 5.74) is 3.53. The molecule has 1 aliphatic carbocycles. The molecule has 1 aliphatic rings. The second-order valence-electron chi connectivity index (χ2n) is 9.36. The van der Waals surface area contributed by atoms with E-state index in [1.165, 1.54) is 0 Å². The Labute approximate surface area is 216 Å². The van der Waals surface area contributed by atoms with Gasteiger partial charge in [-0.1, -0.05) is 6.07 Å². The summed E-state index contributed by atoms with van der Waals surface area (Å²) < 4.78 is 15.2. The van der Waals surface area contributed by atoms with Crippen molar-refractivity contribution in [1.29, 1.82) is 0 Å². The van der Waals surface area contributed by atoms with Crippen molar-refractivity contribution in [3.05, 3.63) is 54.5 Å². The summed E-state index contributed by atoms with van der Waals surface area (Å²) in [6.45, 7) is 0.953. The molecule has 10 nitrogen and oxygen atoms in total. The molecule has 4 aromatic rings. The van der Waals surface area contributed by atoms with Gasteiger partial charge in [0, 0.05) is 62.7 Å². The number of nitrogens with one attached hydrogen (secondary N) is 2. The van der Waals surface area contributed by atoms with Gasteiger partial charge in [0.2, 0.25) is 0 Å². The van der Waals surface area contributed by atoms with E-state index in [0.717, 1.165) is 59.4 Å². The number of carbonyl (C=O) groups excluding carboxylic acids is 1. The average molecular weight is 504 g/mol. The Hall–Kier alpha value is -3.92. The maximum absolute atomic E-state index is 12.4. The van der Waals surface area contributed by atoms with Crippen LogP contribution in [0.15, 0.2) is 48.9 Å². The Morgan fingerprint density at radius 2 is 2.00 bits per heavy atom. The van der Waals surface area contributed by atoms with Crippen molar-refractivity contribution in [2.45, 2.75) is 37.8 Å². The normalized spacial score (nSPS) is 17.6. The highest BCUT2D eigenvalue weighted by Crippen LogP contribution is 2.36. The molecule has 0 unspecified atom stereocenters. The van der Waals surface area contributed by atoms with Crippen molar-refractivity contribution in [2.75, 3.05) is 32.6 Å². The van der Waals surface area contributed by atoms with Gasteiger partial charge < -0.3 is 20.1 Å². The number of amides is 1. The van der Waals surface area contributed by atoms with Crippen LogP contribution in [0.4, 0.5) is 5.82 Å². The number of hydrogen-bond donors (Lipinski definition) is 2. The van der Waals surface area contributed by atoms with Crippen molar-refractivity contribution < 1.29 is 14.3 Å². The van der Waals surface area contributed by atoms with Gasteiger partial charge in [-0.3, -0.25) is 14.2 Å². The molecular formula is C27H33N7O3. The molecule has 194 valence electrons. The second-order valence-corrected chi connectivity index (χ2v) is 9.36. The van der Waals surface area contributed by atoms with Gasteiger partial charge in [-0.25, -0.2) is 4.98 Å². The predicted molar refractivity (Wildman–Crippen MR) is 142 cm³/mol. The average Bonchev–Trinajstić information content (AvgIpc) is 3.52. The smallest absolute Gasteiger partial charge is 0.251 e. The molecule has 1 saturated carbocycles. The lowest BCUT2D eigenvalue weighted by atomic mass is 9.93. The van der Waals surface area contributed by atoms with Crippen LogP contribution >= 0.6 is 0 Å². The number of ether oxygens (including phenoxy) is 2. The minimum absolute atomic E-state index is 0.0946. The third kappa shape index (κ3) is 5.43. The standard InChI is InChI=1S/C27H33N7O3/c1-28-25-14-24-23(16-30-25)26(19-15-31-33(2)17-19)32-34(24)20-7-9-21(10-8-20)37-22-6-4-5-18(13-22)27(35)29-11-12-36-3/h4-6,13-17,20-21H,7-12H2,1-3H3,(H,28,30)(H,29,35). The van der Waals surface area contributed by atoms with E-state index in [4.69, 9.17) is 14.6 Å². The van der Waals surface area contributed by atoms with Gasteiger partial charge >= 0.3 is 0 Å². The molecule has 3 heterocycles. The first-order valence-corrected chi connectivity index (χ1v) is 12.6. The van der Waals surface area contributed by atoms with Crippen LogP contribution in [0, 0.1) is 0 Å². The summed E-state index contributed by atoms with van der Waals surface area (Å²) in [5, 5.41) is 16.4. The van der Waals surface area contributed by atoms with E-state index in [0.29, 0.717) is 18.7 Å². The van der Waals surface area contributed by atoms with E-state index in [1.54, 1.807) is 17.9 Å². The first kappa shape index (κ1) is 24.8. The van der Waals surface area contributed by atoms with Crippen molar-refractivity contribution in [2.24, 2.45) is 7.05 Å². The fourth-order valence-corrected chi connectivity index (χ4v) is 4.88. The number of aryl methyl sites for hydroxylation is 1. The highest BCUT2D eigenvalue weighted by molar-refractivity contribution is 5.95. The number of carbonyl (C=O) groups is 1. The molecule has 1 amide bonds. The Morgan fingerprint density at radius 1 is 1.16 bits per heavy atom. The Morgan fingerprint density at radius 3 is 2.73 bits per heavy atom. The lowest BCUT2D eigenvalue weighted by Gasteiger charge is -2.29. The van der Waals surface area contributed by atoms with Gasteiger partial charge in [-0.2, -0.15) is 10.2 Å². The number of hydrogen-bond acceptors (Lipinski definition) is 7. The SMILES string of the molecule is CNc1cc2c(cn1)c(-c1cnn(C)c1)nn2C1CCC(Oc2cccc(C(=O)NCCOC)c2)CC1. The van der Waals surface area contributed by atoms with Crippen LogP contribution in [0.25, 0.3) is 22.2 Å². The summed E-state index contributed by atoms with van der Waals surface area (Å²) in [7, 11) is 5.39. The highest BCUT2D eigenvalue weighted by atomic mass is 16.5. The summed E-state index contributed by atoms with van der Waals surface area (Å²) >= 11 is 0. The maximum atomic E-state index is 12.4. The fourth-order valence-electron chi connectivity index (χ4n) is 4.88. The Kier molecular flexibility index (Phi) is 7.36. The summed E-state index contributed by atoms with van der Waals surface area (Å²) in [6, 6.07) is 9.69. The molecule has 0 bridgehead atoms. The van der Waals surface area contributed by atoms with Crippen LogP contribution in [0.2, 0.25) is 0 Å². The van der Waals surface area contributed by atoms with Crippen LogP contribution in [0.5, 0.6) is 5.75 Å². The number of methoxy groups -OCH3 is 1.